The second kappa shape index (κ2) is 8.37. The second-order valence-electron chi connectivity index (χ2n) is 5.30. The number of halogens is 3. The van der Waals surface area contributed by atoms with Crippen molar-refractivity contribution in [2.24, 2.45) is 10.9 Å². The summed E-state index contributed by atoms with van der Waals surface area (Å²) in [5.74, 6) is -0.340. The molecule has 0 atom stereocenters. The lowest BCUT2D eigenvalue weighted by molar-refractivity contribution is -0.137. The van der Waals surface area contributed by atoms with E-state index in [0.29, 0.717) is 12.4 Å². The molecular weight excluding hydrogens is 349 g/mol. The molecule has 26 heavy (non-hydrogen) atoms. The fraction of sp³-hybridized carbons (Fsp3) is 0.222. The summed E-state index contributed by atoms with van der Waals surface area (Å²) in [6.45, 7) is 2.54. The highest BCUT2D eigenvalue weighted by Gasteiger charge is 2.30. The number of benzene rings is 2. The van der Waals surface area contributed by atoms with Crippen molar-refractivity contribution >= 4 is 11.8 Å². The summed E-state index contributed by atoms with van der Waals surface area (Å²) >= 11 is 0. The van der Waals surface area contributed by atoms with E-state index in [2.05, 4.69) is 5.16 Å². The molecule has 0 fully saturated rings. The van der Waals surface area contributed by atoms with Gasteiger partial charge in [-0.05, 0) is 42.8 Å². The van der Waals surface area contributed by atoms with Crippen molar-refractivity contribution in [1.82, 2.24) is 0 Å². The van der Waals surface area contributed by atoms with Gasteiger partial charge in [0.1, 0.15) is 5.75 Å². The first-order chi connectivity index (χ1) is 12.3. The van der Waals surface area contributed by atoms with E-state index >= 15 is 0 Å². The monoisotopic (exact) mass is 366 g/mol. The summed E-state index contributed by atoms with van der Waals surface area (Å²) in [6, 6.07) is 10.3. The first kappa shape index (κ1) is 19.3. The lowest BCUT2D eigenvalue weighted by atomic mass is 10.1. The Morgan fingerprint density at radius 2 is 1.62 bits per heavy atom. The topological polar surface area (TPSA) is 73.9 Å². The van der Waals surface area contributed by atoms with Crippen LogP contribution in [0.1, 0.15) is 34.8 Å². The Morgan fingerprint density at radius 3 is 2.15 bits per heavy atom. The Bertz CT molecular complexity index is 770. The number of carbonyl (C=O) groups is 1. The SMILES string of the molecule is CCCOc1ccc(C(=O)O/N=C(\N)c2ccc(C(F)(F)F)cc2)cc1. The van der Waals surface area contributed by atoms with Crippen molar-refractivity contribution in [1.29, 1.82) is 0 Å². The molecule has 0 heterocycles. The van der Waals surface area contributed by atoms with Gasteiger partial charge in [-0.1, -0.05) is 24.2 Å². The third-order valence-electron chi connectivity index (χ3n) is 3.30. The highest BCUT2D eigenvalue weighted by molar-refractivity contribution is 5.98. The van der Waals surface area contributed by atoms with Crippen molar-refractivity contribution < 1.29 is 27.5 Å². The standard InChI is InChI=1S/C18H17F3N2O3/c1-2-11-25-15-9-5-13(6-10-15)17(24)26-23-16(22)12-3-7-14(8-4-12)18(19,20)21/h3-10H,2,11H2,1H3,(H2,22,23). The average Bonchev–Trinajstić information content (AvgIpc) is 2.64. The predicted molar refractivity (Wildman–Crippen MR) is 89.8 cm³/mol. The number of ether oxygens (including phenoxy) is 1. The zero-order valence-electron chi connectivity index (χ0n) is 13.9. The predicted octanol–water partition coefficient (Wildman–Crippen LogP) is 3.97. The minimum atomic E-state index is -4.44. The lowest BCUT2D eigenvalue weighted by Gasteiger charge is -2.07. The first-order valence-corrected chi connectivity index (χ1v) is 7.76. The molecular formula is C18H17F3N2O3. The van der Waals surface area contributed by atoms with Crippen LogP contribution >= 0.6 is 0 Å². The molecule has 2 N–H and O–H groups in total. The van der Waals surface area contributed by atoms with E-state index in [4.69, 9.17) is 15.3 Å². The largest absolute Gasteiger partial charge is 0.494 e. The van der Waals surface area contributed by atoms with Crippen LogP contribution in [0.3, 0.4) is 0 Å². The minimum absolute atomic E-state index is 0.203. The van der Waals surface area contributed by atoms with Crippen LogP contribution in [0, 0.1) is 0 Å². The number of rotatable bonds is 6. The van der Waals surface area contributed by atoms with Gasteiger partial charge in [0.25, 0.3) is 0 Å². The van der Waals surface area contributed by atoms with Crippen LogP contribution in [-0.2, 0) is 11.0 Å². The molecule has 5 nitrogen and oxygen atoms in total. The third kappa shape index (κ3) is 5.23. The molecule has 0 aliphatic carbocycles. The number of hydrogen-bond donors (Lipinski definition) is 1. The molecule has 2 aromatic carbocycles. The van der Waals surface area contributed by atoms with E-state index < -0.39 is 17.7 Å². The van der Waals surface area contributed by atoms with Gasteiger partial charge in [0.15, 0.2) is 5.84 Å². The second-order valence-corrected chi connectivity index (χ2v) is 5.30. The van der Waals surface area contributed by atoms with Gasteiger partial charge in [0.2, 0.25) is 0 Å². The molecule has 138 valence electrons. The molecule has 0 amide bonds. The van der Waals surface area contributed by atoms with Gasteiger partial charge in [-0.3, -0.25) is 0 Å². The van der Waals surface area contributed by atoms with Crippen LogP contribution in [-0.4, -0.2) is 18.4 Å². The zero-order valence-corrected chi connectivity index (χ0v) is 13.9. The fourth-order valence-corrected chi connectivity index (χ4v) is 1.93. The van der Waals surface area contributed by atoms with Gasteiger partial charge in [-0.2, -0.15) is 13.2 Å². The average molecular weight is 366 g/mol. The summed E-state index contributed by atoms with van der Waals surface area (Å²) in [4.78, 5) is 16.6. The van der Waals surface area contributed by atoms with Gasteiger partial charge in [-0.25, -0.2) is 4.79 Å². The van der Waals surface area contributed by atoms with Crippen LogP contribution in [0.2, 0.25) is 0 Å². The smallest absolute Gasteiger partial charge is 0.416 e. The number of nitrogens with two attached hydrogens (primary N) is 1. The fourth-order valence-electron chi connectivity index (χ4n) is 1.93. The van der Waals surface area contributed by atoms with Crippen LogP contribution in [0.25, 0.3) is 0 Å². The molecule has 0 unspecified atom stereocenters. The Hall–Kier alpha value is -3.03. The van der Waals surface area contributed by atoms with Crippen molar-refractivity contribution in [3.05, 3.63) is 65.2 Å². The van der Waals surface area contributed by atoms with Gasteiger partial charge < -0.3 is 15.3 Å². The maximum atomic E-state index is 12.5. The highest BCUT2D eigenvalue weighted by atomic mass is 19.4. The maximum absolute atomic E-state index is 12.5. The lowest BCUT2D eigenvalue weighted by Crippen LogP contribution is -2.16. The molecule has 0 spiro atoms. The van der Waals surface area contributed by atoms with Crippen LogP contribution in [0.4, 0.5) is 13.2 Å². The molecule has 0 saturated carbocycles. The third-order valence-corrected chi connectivity index (χ3v) is 3.30. The van der Waals surface area contributed by atoms with Crippen LogP contribution in [0.15, 0.2) is 53.7 Å². The normalized spacial score (nSPS) is 11.9. The van der Waals surface area contributed by atoms with Crippen molar-refractivity contribution in [2.75, 3.05) is 6.61 Å². The van der Waals surface area contributed by atoms with Gasteiger partial charge in [0, 0.05) is 5.56 Å². The summed E-state index contributed by atoms with van der Waals surface area (Å²) < 4.78 is 43.0. The molecule has 0 radical (unpaired) electrons. The molecule has 8 heteroatoms. The summed E-state index contributed by atoms with van der Waals surface area (Å²) in [7, 11) is 0. The van der Waals surface area contributed by atoms with E-state index in [1.54, 1.807) is 12.1 Å². The minimum Gasteiger partial charge on any atom is -0.494 e. The number of oxime groups is 1. The number of carbonyl (C=O) groups excluding carboxylic acids is 1. The quantitative estimate of drug-likeness (QED) is 0.363. The van der Waals surface area contributed by atoms with Crippen LogP contribution in [0.5, 0.6) is 5.75 Å². The van der Waals surface area contributed by atoms with E-state index in [1.165, 1.54) is 12.1 Å². The Kier molecular flexibility index (Phi) is 6.21. The highest BCUT2D eigenvalue weighted by Crippen LogP contribution is 2.29. The van der Waals surface area contributed by atoms with Crippen molar-refractivity contribution in [2.45, 2.75) is 19.5 Å². The van der Waals surface area contributed by atoms with Gasteiger partial charge in [-0.15, -0.1) is 0 Å². The molecule has 2 rings (SSSR count). The van der Waals surface area contributed by atoms with E-state index in [9.17, 15) is 18.0 Å². The molecule has 0 aliphatic rings. The molecule has 0 aliphatic heterocycles. The number of amidine groups is 1. The summed E-state index contributed by atoms with van der Waals surface area (Å²) in [6.07, 6.45) is -3.58. The van der Waals surface area contributed by atoms with Crippen molar-refractivity contribution in [3.8, 4) is 5.75 Å². The molecule has 2 aromatic rings. The van der Waals surface area contributed by atoms with Crippen molar-refractivity contribution in [3.63, 3.8) is 0 Å². The maximum Gasteiger partial charge on any atom is 0.416 e. The Balaban J connectivity index is 2.00. The molecule has 0 bridgehead atoms. The number of nitrogens with zero attached hydrogens (tertiary/aromatic N) is 1. The molecule has 0 aromatic heterocycles. The van der Waals surface area contributed by atoms with Gasteiger partial charge >= 0.3 is 12.1 Å². The molecule has 0 saturated heterocycles. The zero-order chi connectivity index (χ0) is 19.2. The Labute approximate surface area is 148 Å². The number of hydrogen-bond acceptors (Lipinski definition) is 4. The number of alkyl halides is 3. The van der Waals surface area contributed by atoms with Gasteiger partial charge in [0.05, 0.1) is 17.7 Å². The first-order valence-electron chi connectivity index (χ1n) is 7.76. The summed E-state index contributed by atoms with van der Waals surface area (Å²) in [5.41, 5.74) is 5.26. The van der Waals surface area contributed by atoms with E-state index in [1.807, 2.05) is 6.92 Å². The van der Waals surface area contributed by atoms with E-state index in [0.717, 1.165) is 30.7 Å². The Morgan fingerprint density at radius 1 is 1.04 bits per heavy atom. The van der Waals surface area contributed by atoms with Crippen LogP contribution < -0.4 is 10.5 Å². The van der Waals surface area contributed by atoms with E-state index in [-0.39, 0.29) is 17.0 Å². The summed E-state index contributed by atoms with van der Waals surface area (Å²) in [5, 5.41) is 3.47.